The minimum Gasteiger partial charge on any atom is -0.406 e. The van der Waals surface area contributed by atoms with Crippen LogP contribution in [0.3, 0.4) is 0 Å². The lowest BCUT2D eigenvalue weighted by atomic mass is 10.0. The van der Waals surface area contributed by atoms with Gasteiger partial charge in [-0.3, -0.25) is 14.2 Å². The third kappa shape index (κ3) is 19.9. The zero-order chi connectivity index (χ0) is 79.5. The molecule has 18 nitrogen and oxygen atoms in total. The van der Waals surface area contributed by atoms with Crippen molar-refractivity contribution in [2.45, 2.75) is 78.0 Å². The molecule has 0 saturated carbocycles. The van der Waals surface area contributed by atoms with Gasteiger partial charge in [-0.25, -0.2) is 23.4 Å². The Morgan fingerprint density at radius 2 is 0.624 bits per heavy atom. The summed E-state index contributed by atoms with van der Waals surface area (Å²) in [4.78, 5) is 21.7. The van der Waals surface area contributed by atoms with Gasteiger partial charge >= 0.3 is 64.6 Å². The van der Waals surface area contributed by atoms with E-state index in [-0.39, 0.29) is 39.5 Å². The Hall–Kier alpha value is -10.9. The van der Waals surface area contributed by atoms with Gasteiger partial charge in [-0.2, -0.15) is 91.1 Å². The molecule has 0 aliphatic heterocycles. The Morgan fingerprint density at radius 1 is 0.330 bits per heavy atom. The highest BCUT2D eigenvalue weighted by molar-refractivity contribution is 7.94. The van der Waals surface area contributed by atoms with E-state index in [2.05, 4.69) is 34.6 Å². The van der Waals surface area contributed by atoms with E-state index >= 15 is 0 Å². The SMILES string of the molecule is O=S(=O)(Nc1ccccc1-c1ccc2nc(CCc3ccc(C(F)(F)F)cc3)[nH]c2c1)C(F)(F)F.O=S(=O)(Nc1ccccc1-c1ccc2nc(CCc3ccc(OC(F)(F)F)cc3)[nH]c2c1)C(F)(F)F.O=S(=O)(Nc1ccccc1-c1ccc2nc(CCc3ccc(S(=O)(=O)C(F)(F)F)cc3)[nH]c2c1)C(F)(F)F. The molecule has 9 aromatic carbocycles. The highest BCUT2D eigenvalue weighted by atomic mass is 32.2. The van der Waals surface area contributed by atoms with Gasteiger partial charge < -0.3 is 19.7 Å². The minimum absolute atomic E-state index is 0.201. The lowest BCUT2D eigenvalue weighted by Gasteiger charge is -2.14. The quantitative estimate of drug-likeness (QED) is 0.0389. The molecule has 0 saturated heterocycles. The maximum absolute atomic E-state index is 12.8. The average molecular weight is 1620 g/mol. The van der Waals surface area contributed by atoms with Gasteiger partial charge in [0.25, 0.3) is 9.84 Å². The Balaban J connectivity index is 0.000000174. The van der Waals surface area contributed by atoms with Gasteiger partial charge in [-0.15, -0.1) is 13.2 Å². The summed E-state index contributed by atoms with van der Waals surface area (Å²) < 4.78 is 330. The molecule has 0 spiro atoms. The second-order valence-electron chi connectivity index (χ2n) is 23.5. The summed E-state index contributed by atoms with van der Waals surface area (Å²) >= 11 is 0. The number of alkyl halides is 18. The smallest absolute Gasteiger partial charge is 0.406 e. The van der Waals surface area contributed by atoms with Crippen molar-refractivity contribution in [3.8, 4) is 39.1 Å². The van der Waals surface area contributed by atoms with Gasteiger partial charge in [0.1, 0.15) is 23.2 Å². The average Bonchev–Trinajstić information content (AvgIpc) is 1.79. The molecule has 576 valence electrons. The van der Waals surface area contributed by atoms with Crippen molar-refractivity contribution in [3.63, 3.8) is 0 Å². The first kappa shape index (κ1) is 80.7. The summed E-state index contributed by atoms with van der Waals surface area (Å²) in [5, 5.41) is 0. The molecule has 3 aromatic heterocycles. The molecule has 40 heteroatoms. The lowest BCUT2D eigenvalue weighted by Crippen LogP contribution is -2.30. The number of aryl methyl sites for hydroxylation is 6. The molecular weight excluding hydrogens is 1570 g/mol. The minimum atomic E-state index is -5.63. The van der Waals surface area contributed by atoms with Gasteiger partial charge in [0, 0.05) is 36.0 Å². The Kier molecular flexibility index (Phi) is 22.9. The number of halogens is 18. The second-order valence-corrected chi connectivity index (χ2v) is 30.5. The van der Waals surface area contributed by atoms with Crippen molar-refractivity contribution in [2.24, 2.45) is 0 Å². The summed E-state index contributed by atoms with van der Waals surface area (Å²) in [5.41, 5.74) is -15.9. The molecular formula is C69H51F18N9O9S4. The molecule has 0 bridgehead atoms. The Labute approximate surface area is 605 Å². The number of ether oxygens (including phenoxy) is 1. The Bertz CT molecular complexity index is 5750. The van der Waals surface area contributed by atoms with E-state index < -0.39 is 84.9 Å². The topological polar surface area (TPSA) is 268 Å². The first-order chi connectivity index (χ1) is 50.7. The summed E-state index contributed by atoms with van der Waals surface area (Å²) in [5.74, 6) is 1.34. The van der Waals surface area contributed by atoms with Crippen LogP contribution >= 0.6 is 0 Å². The Morgan fingerprint density at radius 3 is 0.908 bits per heavy atom. The van der Waals surface area contributed by atoms with E-state index in [9.17, 15) is 113 Å². The number of imidazole rings is 3. The van der Waals surface area contributed by atoms with Crippen molar-refractivity contribution < 1.29 is 117 Å². The molecule has 0 aliphatic rings. The first-order valence-electron chi connectivity index (χ1n) is 31.1. The number of hydrogen-bond acceptors (Lipinski definition) is 12. The van der Waals surface area contributed by atoms with E-state index in [0.717, 1.165) is 29.8 Å². The lowest BCUT2D eigenvalue weighted by molar-refractivity contribution is -0.274. The highest BCUT2D eigenvalue weighted by Gasteiger charge is 2.49. The zero-order valence-electron chi connectivity index (χ0n) is 54.7. The number of H-pyrrole nitrogens is 3. The van der Waals surface area contributed by atoms with Crippen molar-refractivity contribution in [1.29, 1.82) is 0 Å². The monoisotopic (exact) mass is 1620 g/mol. The number of fused-ring (bicyclic) bond motifs is 3. The number of nitrogens with zero attached hydrogens (tertiary/aromatic N) is 3. The fourth-order valence-electron chi connectivity index (χ4n) is 10.6. The van der Waals surface area contributed by atoms with Crippen LogP contribution in [0.5, 0.6) is 5.75 Å². The first-order valence-corrected chi connectivity index (χ1v) is 37.1. The van der Waals surface area contributed by atoms with E-state index in [1.807, 2.05) is 0 Å². The van der Waals surface area contributed by atoms with Crippen LogP contribution in [-0.4, -0.2) is 92.0 Å². The van der Waals surface area contributed by atoms with Crippen LogP contribution < -0.4 is 18.9 Å². The standard InChI is InChI=1S/C23H17F6N3O4S2.C23H17F6N3O3S.C23H17F6N3O2S/c24-22(25,26)37(33,34)16-9-5-14(6-10-16)7-12-21-30-19-11-8-15(13-20(19)31-21)17-3-1-2-4-18(17)32-38(35,36)23(27,28)29;24-22(25,26)35-16-9-5-14(6-10-16)7-12-21-30-19-11-8-15(13-20(19)31-21)17-3-1-2-4-18(17)32-36(33,34)23(27,28)29;24-22(25,26)16-9-5-14(6-10-16)7-12-21-30-19-11-8-15(13-20(19)31-21)17-3-1-2-4-18(17)32-35(33,34)23(27,28)29/h1-6,8-11,13,32H,7,12H2,(H,30,31);1-6,8-11,13,32H,7,12H2,(H,30,31);1-6,8-11,13,32H,7,12H2,(H,30,31). The van der Waals surface area contributed by atoms with Crippen LogP contribution in [0.2, 0.25) is 0 Å². The maximum atomic E-state index is 12.8. The number of benzene rings is 9. The van der Waals surface area contributed by atoms with E-state index in [0.29, 0.717) is 117 Å². The fraction of sp³-hybridized carbons (Fsp3) is 0.174. The molecule has 109 heavy (non-hydrogen) atoms. The van der Waals surface area contributed by atoms with Gasteiger partial charge in [0.05, 0.1) is 60.6 Å². The molecule has 0 aliphatic carbocycles. The number of aromatic nitrogens is 6. The van der Waals surface area contributed by atoms with Crippen LogP contribution in [0.1, 0.15) is 39.7 Å². The molecule has 3 heterocycles. The van der Waals surface area contributed by atoms with E-state index in [1.54, 1.807) is 80.9 Å². The van der Waals surface area contributed by atoms with Crippen molar-refractivity contribution in [1.82, 2.24) is 29.9 Å². The zero-order valence-corrected chi connectivity index (χ0v) is 58.0. The summed E-state index contributed by atoms with van der Waals surface area (Å²) in [7, 11) is -22.3. The number of para-hydroxylation sites is 3. The van der Waals surface area contributed by atoms with Crippen molar-refractivity contribution >= 4 is 90.1 Å². The molecule has 0 atom stereocenters. The number of sulfonamides is 3. The van der Waals surface area contributed by atoms with Crippen LogP contribution in [0, 0.1) is 0 Å². The maximum Gasteiger partial charge on any atom is 0.573 e. The van der Waals surface area contributed by atoms with Gasteiger partial charge in [-0.05, 0) is 144 Å². The summed E-state index contributed by atoms with van der Waals surface area (Å²) in [6, 6.07) is 46.1. The number of aromatic amines is 3. The normalized spacial score (nSPS) is 12.8. The molecule has 0 amide bonds. The van der Waals surface area contributed by atoms with E-state index in [4.69, 9.17) is 0 Å². The van der Waals surface area contributed by atoms with Crippen molar-refractivity contribution in [3.05, 3.63) is 240 Å². The van der Waals surface area contributed by atoms with Gasteiger partial charge in [0.15, 0.2) is 0 Å². The fourth-order valence-corrected chi connectivity index (χ4v) is 13.1. The summed E-state index contributed by atoms with van der Waals surface area (Å²) in [6.07, 6.45) is -6.77. The molecule has 0 fully saturated rings. The molecule has 0 unspecified atom stereocenters. The number of anilines is 3. The summed E-state index contributed by atoms with van der Waals surface area (Å²) in [6.45, 7) is 0. The van der Waals surface area contributed by atoms with Gasteiger partial charge in [0.2, 0.25) is 0 Å². The van der Waals surface area contributed by atoms with Crippen LogP contribution in [0.15, 0.2) is 205 Å². The van der Waals surface area contributed by atoms with Crippen LogP contribution in [0.25, 0.3) is 66.5 Å². The third-order valence-electron chi connectivity index (χ3n) is 15.9. The predicted octanol–water partition coefficient (Wildman–Crippen LogP) is 18.0. The predicted molar refractivity (Wildman–Crippen MR) is 367 cm³/mol. The van der Waals surface area contributed by atoms with Crippen molar-refractivity contribution in [2.75, 3.05) is 14.2 Å². The molecule has 12 rings (SSSR count). The van der Waals surface area contributed by atoms with Crippen LogP contribution in [-0.2, 0) is 84.6 Å². The van der Waals surface area contributed by atoms with Crippen LogP contribution in [0.4, 0.5) is 96.1 Å². The third-order valence-corrected chi connectivity index (χ3v) is 20.7. The number of rotatable bonds is 20. The molecule has 6 N–H and O–H groups in total. The molecule has 0 radical (unpaired) electrons. The number of nitrogens with one attached hydrogen (secondary N) is 6. The largest absolute Gasteiger partial charge is 0.573 e. The number of hydrogen-bond donors (Lipinski definition) is 6. The second kappa shape index (κ2) is 31.0. The number of sulfone groups is 1. The highest BCUT2D eigenvalue weighted by Crippen LogP contribution is 2.39. The molecule has 12 aromatic rings. The van der Waals surface area contributed by atoms with E-state index in [1.165, 1.54) is 109 Å². The van der Waals surface area contributed by atoms with Gasteiger partial charge in [-0.1, -0.05) is 109 Å².